The van der Waals surface area contributed by atoms with Gasteiger partial charge in [0.2, 0.25) is 5.78 Å². The Bertz CT molecular complexity index is 1500. The molecule has 1 unspecified atom stereocenters. The molecule has 5 rings (SSSR count). The van der Waals surface area contributed by atoms with Crippen LogP contribution in [0.3, 0.4) is 0 Å². The first-order valence-electron chi connectivity index (χ1n) is 11.6. The van der Waals surface area contributed by atoms with Gasteiger partial charge in [-0.1, -0.05) is 36.4 Å². The highest BCUT2D eigenvalue weighted by atomic mass is 16.5. The largest absolute Gasteiger partial charge is 0.503 e. The van der Waals surface area contributed by atoms with Gasteiger partial charge in [-0.15, -0.1) is 0 Å². The van der Waals surface area contributed by atoms with E-state index in [0.717, 1.165) is 10.9 Å². The molecule has 188 valence electrons. The maximum Gasteiger partial charge on any atom is 0.290 e. The summed E-state index contributed by atoms with van der Waals surface area (Å²) in [6, 6.07) is 20.3. The number of hydrogen-bond acceptors (Lipinski definition) is 7. The summed E-state index contributed by atoms with van der Waals surface area (Å²) in [5, 5.41) is 11.7. The normalized spacial score (nSPS) is 15.4. The second-order valence-electron chi connectivity index (χ2n) is 8.54. The van der Waals surface area contributed by atoms with Crippen molar-refractivity contribution >= 4 is 22.7 Å². The standard InChI is InChI=1S/C29H25NO7/c1-34-20-9-6-8-19(14-20)26-25(27(31)24-15-18-7-4-5-10-21(18)37-24)28(32)29(33)30(26)16-17-11-12-22(35-2)23(13-17)36-3/h4-15,26,32H,16H2,1-3H3. The molecule has 37 heavy (non-hydrogen) atoms. The maximum absolute atomic E-state index is 13.7. The molecule has 8 nitrogen and oxygen atoms in total. The summed E-state index contributed by atoms with van der Waals surface area (Å²) in [6.45, 7) is 0.0992. The Hall–Kier alpha value is -4.72. The fraction of sp³-hybridized carbons (Fsp3) is 0.172. The molecule has 0 spiro atoms. The number of rotatable bonds is 8. The Morgan fingerprint density at radius 1 is 0.919 bits per heavy atom. The van der Waals surface area contributed by atoms with Crippen molar-refractivity contribution in [2.45, 2.75) is 12.6 Å². The molecule has 0 fully saturated rings. The fourth-order valence-electron chi connectivity index (χ4n) is 4.61. The molecule has 0 bridgehead atoms. The molecule has 0 saturated heterocycles. The highest BCUT2D eigenvalue weighted by molar-refractivity contribution is 6.16. The minimum atomic E-state index is -0.878. The van der Waals surface area contributed by atoms with Gasteiger partial charge in [0.15, 0.2) is 23.0 Å². The first-order valence-corrected chi connectivity index (χ1v) is 11.6. The number of carbonyl (C=O) groups is 2. The fourth-order valence-corrected chi connectivity index (χ4v) is 4.61. The highest BCUT2D eigenvalue weighted by Crippen LogP contribution is 2.42. The molecule has 1 aromatic heterocycles. The van der Waals surface area contributed by atoms with E-state index in [1.54, 1.807) is 60.7 Å². The lowest BCUT2D eigenvalue weighted by Crippen LogP contribution is -2.30. The van der Waals surface area contributed by atoms with E-state index in [0.29, 0.717) is 28.4 Å². The number of aliphatic hydroxyl groups excluding tert-OH is 1. The van der Waals surface area contributed by atoms with Gasteiger partial charge in [0.05, 0.1) is 32.9 Å². The van der Waals surface area contributed by atoms with E-state index in [4.69, 9.17) is 18.6 Å². The predicted octanol–water partition coefficient (Wildman–Crippen LogP) is 5.24. The van der Waals surface area contributed by atoms with Crippen molar-refractivity contribution in [1.82, 2.24) is 4.90 Å². The molecule has 1 amide bonds. The Morgan fingerprint density at radius 3 is 2.43 bits per heavy atom. The number of hydrogen-bond donors (Lipinski definition) is 1. The van der Waals surface area contributed by atoms with Gasteiger partial charge in [-0.05, 0) is 47.5 Å². The molecule has 1 N–H and O–H groups in total. The topological polar surface area (TPSA) is 98.4 Å². The number of para-hydroxylation sites is 1. The van der Waals surface area contributed by atoms with Gasteiger partial charge in [-0.3, -0.25) is 9.59 Å². The average molecular weight is 500 g/mol. The Kier molecular flexibility index (Phi) is 6.31. The van der Waals surface area contributed by atoms with Crippen LogP contribution in [-0.4, -0.2) is 43.0 Å². The number of Topliss-reactive ketones (excluding diaryl/α,β-unsaturated/α-hetero) is 1. The predicted molar refractivity (Wildman–Crippen MR) is 136 cm³/mol. The molecule has 8 heteroatoms. The number of amides is 1. The Labute approximate surface area is 213 Å². The molecule has 2 heterocycles. The number of furan rings is 1. The van der Waals surface area contributed by atoms with E-state index >= 15 is 0 Å². The van der Waals surface area contributed by atoms with E-state index in [1.807, 2.05) is 12.1 Å². The van der Waals surface area contributed by atoms with Crippen LogP contribution in [0.15, 0.2) is 88.5 Å². The van der Waals surface area contributed by atoms with Crippen LogP contribution in [-0.2, 0) is 11.3 Å². The number of fused-ring (bicyclic) bond motifs is 1. The van der Waals surface area contributed by atoms with Crippen LogP contribution in [0.4, 0.5) is 0 Å². The molecule has 1 aliphatic heterocycles. The van der Waals surface area contributed by atoms with Gasteiger partial charge in [0, 0.05) is 11.9 Å². The summed E-state index contributed by atoms with van der Waals surface area (Å²) in [5.41, 5.74) is 1.81. The van der Waals surface area contributed by atoms with Crippen LogP contribution in [0, 0.1) is 0 Å². The minimum absolute atomic E-state index is 0.0383. The zero-order valence-electron chi connectivity index (χ0n) is 20.6. The molecule has 3 aromatic carbocycles. The van der Waals surface area contributed by atoms with E-state index in [1.165, 1.54) is 26.2 Å². The van der Waals surface area contributed by atoms with Crippen LogP contribution < -0.4 is 14.2 Å². The lowest BCUT2D eigenvalue weighted by molar-refractivity contribution is -0.130. The van der Waals surface area contributed by atoms with Gasteiger partial charge in [-0.25, -0.2) is 0 Å². The molecule has 1 aliphatic rings. The quantitative estimate of drug-likeness (QED) is 0.331. The summed E-state index contributed by atoms with van der Waals surface area (Å²) < 4.78 is 21.9. The van der Waals surface area contributed by atoms with E-state index in [-0.39, 0.29) is 17.9 Å². The van der Waals surface area contributed by atoms with Crippen molar-refractivity contribution in [3.8, 4) is 17.2 Å². The number of carbonyl (C=O) groups excluding carboxylic acids is 2. The molecule has 0 radical (unpaired) electrons. The second kappa shape index (κ2) is 9.73. The lowest BCUT2D eigenvalue weighted by atomic mass is 9.94. The number of ether oxygens (including phenoxy) is 3. The third-order valence-corrected chi connectivity index (χ3v) is 6.41. The van der Waals surface area contributed by atoms with Gasteiger partial charge >= 0.3 is 0 Å². The Balaban J connectivity index is 1.59. The van der Waals surface area contributed by atoms with Gasteiger partial charge in [0.25, 0.3) is 5.91 Å². The van der Waals surface area contributed by atoms with Crippen LogP contribution in [0.1, 0.15) is 27.7 Å². The zero-order valence-corrected chi connectivity index (χ0v) is 20.6. The van der Waals surface area contributed by atoms with Crippen molar-refractivity contribution in [2.24, 2.45) is 0 Å². The van der Waals surface area contributed by atoms with Crippen LogP contribution in [0.25, 0.3) is 11.0 Å². The first kappa shape index (κ1) is 24.0. The smallest absolute Gasteiger partial charge is 0.290 e. The number of aliphatic hydroxyl groups is 1. The molecule has 1 atom stereocenters. The number of benzene rings is 3. The van der Waals surface area contributed by atoms with Crippen molar-refractivity contribution in [1.29, 1.82) is 0 Å². The summed E-state index contributed by atoms with van der Waals surface area (Å²) in [7, 11) is 4.60. The SMILES string of the molecule is COc1cccc(C2C(C(=O)c3cc4ccccc4o3)=C(O)C(=O)N2Cc2ccc(OC)c(OC)c2)c1. The van der Waals surface area contributed by atoms with Crippen molar-refractivity contribution in [3.63, 3.8) is 0 Å². The zero-order chi connectivity index (χ0) is 26.1. The molecule has 4 aromatic rings. The van der Waals surface area contributed by atoms with Gasteiger partial charge in [-0.2, -0.15) is 0 Å². The number of methoxy groups -OCH3 is 3. The van der Waals surface area contributed by atoms with Crippen LogP contribution in [0.2, 0.25) is 0 Å². The molecular formula is C29H25NO7. The molecule has 0 aliphatic carbocycles. The highest BCUT2D eigenvalue weighted by Gasteiger charge is 2.44. The number of ketones is 1. The lowest BCUT2D eigenvalue weighted by Gasteiger charge is -2.27. The van der Waals surface area contributed by atoms with E-state index < -0.39 is 23.5 Å². The molecule has 0 saturated carbocycles. The van der Waals surface area contributed by atoms with Crippen molar-refractivity contribution < 1.29 is 33.3 Å². The first-order chi connectivity index (χ1) is 17.9. The van der Waals surface area contributed by atoms with Crippen molar-refractivity contribution in [2.75, 3.05) is 21.3 Å². The van der Waals surface area contributed by atoms with Crippen molar-refractivity contribution in [3.05, 3.63) is 101 Å². The molecular weight excluding hydrogens is 474 g/mol. The summed E-state index contributed by atoms with van der Waals surface area (Å²) in [5.74, 6) is -0.203. The van der Waals surface area contributed by atoms with E-state index in [2.05, 4.69) is 0 Å². The third-order valence-electron chi connectivity index (χ3n) is 6.41. The van der Waals surface area contributed by atoms with E-state index in [9.17, 15) is 14.7 Å². The Morgan fingerprint density at radius 2 is 1.70 bits per heavy atom. The minimum Gasteiger partial charge on any atom is -0.503 e. The van der Waals surface area contributed by atoms with Gasteiger partial charge in [0.1, 0.15) is 11.3 Å². The van der Waals surface area contributed by atoms with Crippen LogP contribution in [0.5, 0.6) is 17.2 Å². The summed E-state index contributed by atoms with van der Waals surface area (Å²) in [6.07, 6.45) is 0. The monoisotopic (exact) mass is 499 g/mol. The average Bonchev–Trinajstić information content (AvgIpc) is 3.47. The maximum atomic E-state index is 13.7. The second-order valence-corrected chi connectivity index (χ2v) is 8.54. The summed E-state index contributed by atoms with van der Waals surface area (Å²) in [4.78, 5) is 28.6. The number of nitrogens with zero attached hydrogens (tertiary/aromatic N) is 1. The third kappa shape index (κ3) is 4.27. The van der Waals surface area contributed by atoms with Crippen LogP contribution >= 0.6 is 0 Å². The van der Waals surface area contributed by atoms with Gasteiger partial charge < -0.3 is 28.6 Å². The summed E-state index contributed by atoms with van der Waals surface area (Å²) >= 11 is 0.